The van der Waals surface area contributed by atoms with Crippen LogP contribution in [-0.4, -0.2) is 17.0 Å². The first-order valence-corrected chi connectivity index (χ1v) is 6.14. The van der Waals surface area contributed by atoms with Crippen LogP contribution >= 0.6 is 0 Å². The highest BCUT2D eigenvalue weighted by Crippen LogP contribution is 2.12. The van der Waals surface area contributed by atoms with E-state index in [0.29, 0.717) is 5.39 Å². The number of hydrogen-bond acceptors (Lipinski definition) is 2. The van der Waals surface area contributed by atoms with Gasteiger partial charge in [0, 0.05) is 11.9 Å². The van der Waals surface area contributed by atoms with Crippen molar-refractivity contribution in [2.45, 2.75) is 6.54 Å². The molecule has 0 radical (unpaired) electrons. The lowest BCUT2D eigenvalue weighted by atomic mass is 10.1. The van der Waals surface area contributed by atoms with Crippen LogP contribution in [0, 0.1) is 12.3 Å². The van der Waals surface area contributed by atoms with Crippen molar-refractivity contribution in [3.8, 4) is 12.3 Å². The first-order chi connectivity index (χ1) is 9.69. The molecular weight excluding hydrogens is 252 g/mol. The number of pyridine rings is 1. The Kier molecular flexibility index (Phi) is 4.02. The van der Waals surface area contributed by atoms with Crippen LogP contribution in [0.3, 0.4) is 0 Å². The standard InChI is InChI=1S/C16H14N2O2/c1-3-9-17-15(19)14-11-12-7-5-6-8-13(12)16(20)18(14)10-4-2/h1,4-8,11H,2,9-10H2,(H,17,19). The molecule has 1 heterocycles. The number of aromatic nitrogens is 1. The minimum Gasteiger partial charge on any atom is -0.340 e. The van der Waals surface area contributed by atoms with E-state index in [9.17, 15) is 9.59 Å². The topological polar surface area (TPSA) is 51.1 Å². The van der Waals surface area contributed by atoms with Gasteiger partial charge in [0.2, 0.25) is 0 Å². The summed E-state index contributed by atoms with van der Waals surface area (Å²) in [5, 5.41) is 3.87. The van der Waals surface area contributed by atoms with E-state index < -0.39 is 0 Å². The number of nitrogens with zero attached hydrogens (tertiary/aromatic N) is 1. The van der Waals surface area contributed by atoms with Crippen molar-refractivity contribution >= 4 is 16.7 Å². The molecule has 100 valence electrons. The number of rotatable bonds is 4. The van der Waals surface area contributed by atoms with E-state index in [0.717, 1.165) is 5.39 Å². The van der Waals surface area contributed by atoms with Crippen molar-refractivity contribution in [2.75, 3.05) is 6.54 Å². The highest BCUT2D eigenvalue weighted by molar-refractivity contribution is 5.96. The number of nitrogens with one attached hydrogen (secondary N) is 1. The van der Waals surface area contributed by atoms with Gasteiger partial charge in [-0.25, -0.2) is 0 Å². The summed E-state index contributed by atoms with van der Waals surface area (Å²) in [6.45, 7) is 4.00. The summed E-state index contributed by atoms with van der Waals surface area (Å²) >= 11 is 0. The van der Waals surface area contributed by atoms with Gasteiger partial charge in [-0.2, -0.15) is 0 Å². The van der Waals surface area contributed by atoms with Gasteiger partial charge in [-0.15, -0.1) is 13.0 Å². The SMILES string of the molecule is C#CCNC(=O)c1cc2ccccc2c(=O)n1CC=C. The Labute approximate surface area is 116 Å². The van der Waals surface area contributed by atoms with E-state index in [4.69, 9.17) is 6.42 Å². The molecule has 2 rings (SSSR count). The maximum absolute atomic E-state index is 12.4. The van der Waals surface area contributed by atoms with E-state index in [-0.39, 0.29) is 30.2 Å². The van der Waals surface area contributed by atoms with Crippen molar-refractivity contribution in [2.24, 2.45) is 0 Å². The third-order valence-electron chi connectivity index (χ3n) is 2.91. The molecule has 1 amide bonds. The van der Waals surface area contributed by atoms with E-state index in [2.05, 4.69) is 17.8 Å². The Balaban J connectivity index is 2.65. The van der Waals surface area contributed by atoms with Gasteiger partial charge in [-0.05, 0) is 17.5 Å². The van der Waals surface area contributed by atoms with Gasteiger partial charge in [0.05, 0.1) is 6.54 Å². The quantitative estimate of drug-likeness (QED) is 0.674. The van der Waals surface area contributed by atoms with Crippen LogP contribution in [0.2, 0.25) is 0 Å². The van der Waals surface area contributed by atoms with Crippen molar-refractivity contribution in [1.82, 2.24) is 9.88 Å². The maximum Gasteiger partial charge on any atom is 0.268 e. The molecule has 0 unspecified atom stereocenters. The zero-order valence-corrected chi connectivity index (χ0v) is 10.9. The number of terminal acetylenes is 1. The number of allylic oxidation sites excluding steroid dienone is 1. The molecule has 0 saturated carbocycles. The Hall–Kier alpha value is -2.80. The molecule has 0 saturated heterocycles. The first-order valence-electron chi connectivity index (χ1n) is 6.14. The lowest BCUT2D eigenvalue weighted by Gasteiger charge is -2.12. The van der Waals surface area contributed by atoms with E-state index in [1.807, 2.05) is 6.07 Å². The maximum atomic E-state index is 12.4. The van der Waals surface area contributed by atoms with E-state index in [1.54, 1.807) is 30.3 Å². The molecule has 0 aliphatic heterocycles. The molecule has 4 heteroatoms. The van der Waals surface area contributed by atoms with Crippen LogP contribution in [0.4, 0.5) is 0 Å². The zero-order valence-electron chi connectivity index (χ0n) is 10.9. The molecule has 20 heavy (non-hydrogen) atoms. The van der Waals surface area contributed by atoms with Crippen LogP contribution in [0.1, 0.15) is 10.5 Å². The molecule has 0 aliphatic rings. The second-order valence-electron chi connectivity index (χ2n) is 4.21. The number of fused-ring (bicyclic) bond motifs is 1. The summed E-state index contributed by atoms with van der Waals surface area (Å²) in [5.41, 5.74) is 0.0673. The van der Waals surface area contributed by atoms with Crippen LogP contribution in [-0.2, 0) is 6.54 Å². The van der Waals surface area contributed by atoms with E-state index >= 15 is 0 Å². The number of benzene rings is 1. The first kappa shape index (κ1) is 13.6. The summed E-state index contributed by atoms with van der Waals surface area (Å²) < 4.78 is 1.39. The normalized spacial score (nSPS) is 9.95. The Morgan fingerprint density at radius 2 is 2.20 bits per heavy atom. The summed E-state index contributed by atoms with van der Waals surface area (Å²) in [5.74, 6) is 1.96. The summed E-state index contributed by atoms with van der Waals surface area (Å²) in [7, 11) is 0. The summed E-state index contributed by atoms with van der Waals surface area (Å²) in [6, 6.07) is 8.84. The molecule has 0 spiro atoms. The van der Waals surface area contributed by atoms with Crippen molar-refractivity contribution in [3.63, 3.8) is 0 Å². The van der Waals surface area contributed by atoms with Crippen LogP contribution in [0.5, 0.6) is 0 Å². The summed E-state index contributed by atoms with van der Waals surface area (Å²) in [4.78, 5) is 24.5. The lowest BCUT2D eigenvalue weighted by Crippen LogP contribution is -2.32. The summed E-state index contributed by atoms with van der Waals surface area (Å²) in [6.07, 6.45) is 6.70. The average molecular weight is 266 g/mol. The molecule has 4 nitrogen and oxygen atoms in total. The van der Waals surface area contributed by atoms with Gasteiger partial charge in [-0.1, -0.05) is 30.2 Å². The van der Waals surface area contributed by atoms with Crippen LogP contribution in [0.25, 0.3) is 10.8 Å². The molecule has 0 aliphatic carbocycles. The second kappa shape index (κ2) is 5.89. The number of carbonyl (C=O) groups is 1. The highest BCUT2D eigenvalue weighted by Gasteiger charge is 2.14. The fourth-order valence-electron chi connectivity index (χ4n) is 2.02. The minimum absolute atomic E-state index is 0.119. The average Bonchev–Trinajstić information content (AvgIpc) is 2.47. The highest BCUT2D eigenvalue weighted by atomic mass is 16.2. The molecule has 2 aromatic rings. The molecule has 1 aromatic carbocycles. The van der Waals surface area contributed by atoms with E-state index in [1.165, 1.54) is 4.57 Å². The van der Waals surface area contributed by atoms with Gasteiger partial charge in [0.15, 0.2) is 0 Å². The number of hydrogen-bond donors (Lipinski definition) is 1. The molecule has 1 N–H and O–H groups in total. The molecule has 0 bridgehead atoms. The van der Waals surface area contributed by atoms with Crippen molar-refractivity contribution in [3.05, 3.63) is 59.0 Å². The van der Waals surface area contributed by atoms with Gasteiger partial charge < -0.3 is 5.32 Å². The van der Waals surface area contributed by atoms with Gasteiger partial charge in [0.25, 0.3) is 11.5 Å². The predicted molar refractivity (Wildman–Crippen MR) is 79.6 cm³/mol. The zero-order chi connectivity index (χ0) is 14.5. The molecule has 1 aromatic heterocycles. The monoisotopic (exact) mass is 266 g/mol. The van der Waals surface area contributed by atoms with Gasteiger partial charge in [0.1, 0.15) is 5.69 Å². The minimum atomic E-state index is -0.368. The second-order valence-corrected chi connectivity index (χ2v) is 4.21. The van der Waals surface area contributed by atoms with Crippen molar-refractivity contribution in [1.29, 1.82) is 0 Å². The Bertz CT molecular complexity index is 766. The third kappa shape index (κ3) is 2.47. The predicted octanol–water partition coefficient (Wildman–Crippen LogP) is 1.55. The Morgan fingerprint density at radius 3 is 2.90 bits per heavy atom. The van der Waals surface area contributed by atoms with Gasteiger partial charge in [-0.3, -0.25) is 14.2 Å². The number of carbonyl (C=O) groups excluding carboxylic acids is 1. The van der Waals surface area contributed by atoms with Crippen LogP contribution < -0.4 is 10.9 Å². The number of amides is 1. The lowest BCUT2D eigenvalue weighted by molar-refractivity contribution is 0.0949. The molecule has 0 fully saturated rings. The van der Waals surface area contributed by atoms with Crippen molar-refractivity contribution < 1.29 is 4.79 Å². The van der Waals surface area contributed by atoms with Crippen LogP contribution in [0.15, 0.2) is 47.8 Å². The third-order valence-corrected chi connectivity index (χ3v) is 2.91. The largest absolute Gasteiger partial charge is 0.340 e. The van der Waals surface area contributed by atoms with Gasteiger partial charge >= 0.3 is 0 Å². The Morgan fingerprint density at radius 1 is 1.45 bits per heavy atom. The fourth-order valence-corrected chi connectivity index (χ4v) is 2.02. The molecular formula is C16H14N2O2. The molecule has 0 atom stereocenters. The fraction of sp³-hybridized carbons (Fsp3) is 0.125. The smallest absolute Gasteiger partial charge is 0.268 e.